The van der Waals surface area contributed by atoms with E-state index in [9.17, 15) is 4.79 Å². The average Bonchev–Trinajstić information content (AvgIpc) is 3.07. The molecule has 1 aliphatic carbocycles. The minimum absolute atomic E-state index is 0.187. The van der Waals surface area contributed by atoms with E-state index in [0.717, 1.165) is 6.54 Å². The number of urea groups is 1. The number of amides is 2. The van der Waals surface area contributed by atoms with Gasteiger partial charge in [-0.05, 0) is 18.8 Å². The second-order valence-corrected chi connectivity index (χ2v) is 4.57. The van der Waals surface area contributed by atoms with Crippen LogP contribution in [0.1, 0.15) is 19.3 Å². The molecule has 0 aromatic rings. The Bertz CT molecular complexity index is 324. The molecule has 2 aliphatic rings. The lowest BCUT2D eigenvalue weighted by molar-refractivity contribution is -0.110. The van der Waals surface area contributed by atoms with Crippen LogP contribution in [0.4, 0.5) is 4.79 Å². The SMILES string of the molecule is COC(CC1C(N)=NC(=O)N1CC1CC1)OC. The number of aliphatic imine (C=N–C) groups is 1. The second kappa shape index (κ2) is 5.01. The summed E-state index contributed by atoms with van der Waals surface area (Å²) in [4.78, 5) is 17.3. The molecule has 1 heterocycles. The monoisotopic (exact) mass is 241 g/mol. The smallest absolute Gasteiger partial charge is 0.345 e. The molecule has 2 rings (SSSR count). The van der Waals surface area contributed by atoms with Crippen LogP contribution in [0, 0.1) is 5.92 Å². The van der Waals surface area contributed by atoms with E-state index in [1.165, 1.54) is 12.8 Å². The molecule has 0 bridgehead atoms. The van der Waals surface area contributed by atoms with Gasteiger partial charge in [0.15, 0.2) is 6.29 Å². The summed E-state index contributed by atoms with van der Waals surface area (Å²) >= 11 is 0. The molecule has 0 aromatic carbocycles. The van der Waals surface area contributed by atoms with E-state index in [1.54, 1.807) is 19.1 Å². The van der Waals surface area contributed by atoms with E-state index >= 15 is 0 Å². The zero-order valence-corrected chi connectivity index (χ0v) is 10.3. The van der Waals surface area contributed by atoms with Crippen LogP contribution in [0.2, 0.25) is 0 Å². The number of nitrogens with zero attached hydrogens (tertiary/aromatic N) is 2. The topological polar surface area (TPSA) is 77.2 Å². The van der Waals surface area contributed by atoms with E-state index in [2.05, 4.69) is 4.99 Å². The molecule has 0 radical (unpaired) electrons. The first-order valence-corrected chi connectivity index (χ1v) is 5.86. The van der Waals surface area contributed by atoms with Crippen molar-refractivity contribution in [2.45, 2.75) is 31.6 Å². The highest BCUT2D eigenvalue weighted by Gasteiger charge is 2.38. The zero-order chi connectivity index (χ0) is 12.4. The van der Waals surface area contributed by atoms with Gasteiger partial charge >= 0.3 is 6.03 Å². The molecule has 96 valence electrons. The maximum absolute atomic E-state index is 11.7. The van der Waals surface area contributed by atoms with Crippen LogP contribution in [0.15, 0.2) is 4.99 Å². The van der Waals surface area contributed by atoms with Crippen LogP contribution in [-0.4, -0.2) is 49.9 Å². The first-order valence-electron chi connectivity index (χ1n) is 5.86. The van der Waals surface area contributed by atoms with E-state index < -0.39 is 0 Å². The third-order valence-corrected chi connectivity index (χ3v) is 3.28. The number of nitrogens with two attached hydrogens (primary N) is 1. The Balaban J connectivity index is 2.00. The van der Waals surface area contributed by atoms with Crippen molar-refractivity contribution in [3.63, 3.8) is 0 Å². The summed E-state index contributed by atoms with van der Waals surface area (Å²) in [5.74, 6) is 0.987. The zero-order valence-electron chi connectivity index (χ0n) is 10.3. The third kappa shape index (κ3) is 2.76. The lowest BCUT2D eigenvalue weighted by Crippen LogP contribution is -2.44. The Morgan fingerprint density at radius 2 is 2.12 bits per heavy atom. The standard InChI is InChI=1S/C11H19N3O3/c1-16-9(17-2)5-8-10(12)13-11(15)14(8)6-7-3-4-7/h7-9H,3-6H2,1-2H3,(H2,12,13,15). The quantitative estimate of drug-likeness (QED) is 0.689. The highest BCUT2D eigenvalue weighted by atomic mass is 16.7. The number of amidine groups is 1. The van der Waals surface area contributed by atoms with Gasteiger partial charge in [-0.25, -0.2) is 4.79 Å². The van der Waals surface area contributed by atoms with Crippen molar-refractivity contribution in [2.75, 3.05) is 20.8 Å². The lowest BCUT2D eigenvalue weighted by atomic mass is 10.1. The average molecular weight is 241 g/mol. The van der Waals surface area contributed by atoms with Crippen LogP contribution in [-0.2, 0) is 9.47 Å². The van der Waals surface area contributed by atoms with Gasteiger partial charge in [0.25, 0.3) is 0 Å². The van der Waals surface area contributed by atoms with Crippen molar-refractivity contribution in [1.82, 2.24) is 4.90 Å². The fourth-order valence-electron chi connectivity index (χ4n) is 2.05. The van der Waals surface area contributed by atoms with Crippen LogP contribution in [0.25, 0.3) is 0 Å². The first kappa shape index (κ1) is 12.3. The number of hydrogen-bond acceptors (Lipinski definition) is 4. The predicted octanol–water partition coefficient (Wildman–Crippen LogP) is 0.567. The summed E-state index contributed by atoms with van der Waals surface area (Å²) in [6, 6.07) is -0.418. The first-order chi connectivity index (χ1) is 8.15. The molecular weight excluding hydrogens is 222 g/mol. The molecule has 0 aromatic heterocycles. The van der Waals surface area contributed by atoms with E-state index in [4.69, 9.17) is 15.2 Å². The fourth-order valence-corrected chi connectivity index (χ4v) is 2.05. The maximum atomic E-state index is 11.7. The summed E-state index contributed by atoms with van der Waals surface area (Å²) in [6.45, 7) is 0.744. The van der Waals surface area contributed by atoms with Crippen molar-refractivity contribution in [2.24, 2.45) is 16.6 Å². The van der Waals surface area contributed by atoms with Crippen molar-refractivity contribution < 1.29 is 14.3 Å². The van der Waals surface area contributed by atoms with Gasteiger partial charge in [0.05, 0.1) is 6.04 Å². The highest BCUT2D eigenvalue weighted by molar-refractivity contribution is 6.02. The Morgan fingerprint density at radius 1 is 1.47 bits per heavy atom. The molecule has 17 heavy (non-hydrogen) atoms. The van der Waals surface area contributed by atoms with Gasteiger partial charge in [-0.1, -0.05) is 0 Å². The largest absolute Gasteiger partial charge is 0.385 e. The van der Waals surface area contributed by atoms with E-state index in [1.807, 2.05) is 0 Å². The van der Waals surface area contributed by atoms with Gasteiger partial charge in [0, 0.05) is 27.2 Å². The molecule has 0 spiro atoms. The molecule has 6 nitrogen and oxygen atoms in total. The molecule has 6 heteroatoms. The van der Waals surface area contributed by atoms with E-state index in [0.29, 0.717) is 18.2 Å². The summed E-state index contributed by atoms with van der Waals surface area (Å²) in [7, 11) is 3.15. The number of rotatable bonds is 6. The number of methoxy groups -OCH3 is 2. The summed E-state index contributed by atoms with van der Waals surface area (Å²) in [5, 5.41) is 0. The van der Waals surface area contributed by atoms with Gasteiger partial charge in [-0.2, -0.15) is 4.99 Å². The molecule has 1 fully saturated rings. The number of hydrogen-bond donors (Lipinski definition) is 1. The Morgan fingerprint density at radius 3 is 2.65 bits per heavy atom. The van der Waals surface area contributed by atoms with Crippen molar-refractivity contribution in [1.29, 1.82) is 0 Å². The van der Waals surface area contributed by atoms with Crippen molar-refractivity contribution in [3.8, 4) is 0 Å². The van der Waals surface area contributed by atoms with Crippen LogP contribution in [0.5, 0.6) is 0 Å². The van der Waals surface area contributed by atoms with Gasteiger partial charge in [0.2, 0.25) is 0 Å². The molecule has 1 unspecified atom stereocenters. The minimum Gasteiger partial charge on any atom is -0.385 e. The molecule has 1 atom stereocenters. The van der Waals surface area contributed by atoms with Gasteiger partial charge < -0.3 is 20.1 Å². The van der Waals surface area contributed by atoms with Crippen LogP contribution >= 0.6 is 0 Å². The summed E-state index contributed by atoms with van der Waals surface area (Å²) in [6.07, 6.45) is 2.55. The molecular formula is C11H19N3O3. The molecule has 1 aliphatic heterocycles. The minimum atomic E-state index is -0.360. The maximum Gasteiger partial charge on any atom is 0.345 e. The van der Waals surface area contributed by atoms with E-state index in [-0.39, 0.29) is 18.4 Å². The van der Waals surface area contributed by atoms with Crippen molar-refractivity contribution in [3.05, 3.63) is 0 Å². The Kier molecular flexibility index (Phi) is 3.63. The predicted molar refractivity (Wildman–Crippen MR) is 62.7 cm³/mol. The molecule has 0 saturated heterocycles. The number of carbonyl (C=O) groups excluding carboxylic acids is 1. The molecule has 1 saturated carbocycles. The normalized spacial score (nSPS) is 24.6. The van der Waals surface area contributed by atoms with Crippen molar-refractivity contribution >= 4 is 11.9 Å². The Hall–Kier alpha value is -1.14. The van der Waals surface area contributed by atoms with Crippen LogP contribution in [0.3, 0.4) is 0 Å². The molecule has 2 N–H and O–H groups in total. The van der Waals surface area contributed by atoms with Gasteiger partial charge in [-0.15, -0.1) is 0 Å². The number of carbonyl (C=O) groups is 1. The summed E-state index contributed by atoms with van der Waals surface area (Å²) < 4.78 is 10.3. The highest BCUT2D eigenvalue weighted by Crippen LogP contribution is 2.32. The Labute approximate surface area is 101 Å². The number of ether oxygens (including phenoxy) is 2. The molecule has 2 amide bonds. The van der Waals surface area contributed by atoms with Gasteiger partial charge in [0.1, 0.15) is 5.84 Å². The summed E-state index contributed by atoms with van der Waals surface area (Å²) in [5.41, 5.74) is 5.79. The lowest BCUT2D eigenvalue weighted by Gasteiger charge is -2.26. The second-order valence-electron chi connectivity index (χ2n) is 4.57. The van der Waals surface area contributed by atoms with Gasteiger partial charge in [-0.3, -0.25) is 0 Å². The van der Waals surface area contributed by atoms with Crippen LogP contribution < -0.4 is 5.73 Å². The fraction of sp³-hybridized carbons (Fsp3) is 0.818. The third-order valence-electron chi connectivity index (χ3n) is 3.28.